The smallest absolute Gasteiger partial charge is 0.311 e. The molecule has 98 valence electrons. The van der Waals surface area contributed by atoms with Crippen LogP contribution in [0.3, 0.4) is 0 Å². The van der Waals surface area contributed by atoms with Gasteiger partial charge in [0, 0.05) is 11.9 Å². The van der Waals surface area contributed by atoms with Crippen LogP contribution in [0.4, 0.5) is 0 Å². The number of hydrogen-bond acceptors (Lipinski definition) is 3. The molecule has 1 unspecified atom stereocenters. The predicted octanol–water partition coefficient (Wildman–Crippen LogP) is 3.70. The van der Waals surface area contributed by atoms with Crippen LogP contribution in [0, 0.1) is 0 Å². The van der Waals surface area contributed by atoms with E-state index < -0.39 is 11.9 Å². The number of benzene rings is 1. The molecule has 0 amide bonds. The molecule has 0 radical (unpaired) electrons. The highest BCUT2D eigenvalue weighted by molar-refractivity contribution is 7.99. The van der Waals surface area contributed by atoms with Gasteiger partial charge in [-0.3, -0.25) is 4.79 Å². The Balaban J connectivity index is 2.06. The molecule has 0 aliphatic heterocycles. The largest absolute Gasteiger partial charge is 0.481 e. The van der Waals surface area contributed by atoms with E-state index in [1.165, 1.54) is 11.8 Å². The van der Waals surface area contributed by atoms with Gasteiger partial charge in [-0.05, 0) is 17.7 Å². The van der Waals surface area contributed by atoms with Crippen molar-refractivity contribution in [1.29, 1.82) is 0 Å². The summed E-state index contributed by atoms with van der Waals surface area (Å²) in [5.74, 6) is -0.926. The van der Waals surface area contributed by atoms with E-state index in [4.69, 9.17) is 11.6 Å². The third-order valence-corrected chi connectivity index (χ3v) is 3.86. The standard InChI is InChI=1S/C14H12ClNO2S/c15-11-6-7-13(16-8-11)19-9-12(14(17)18)10-4-2-1-3-5-10/h1-8,12H,9H2,(H,17,18). The van der Waals surface area contributed by atoms with E-state index in [1.807, 2.05) is 30.3 Å². The Labute approximate surface area is 120 Å². The molecule has 1 heterocycles. The Morgan fingerprint density at radius 1 is 1.26 bits per heavy atom. The average molecular weight is 294 g/mol. The summed E-state index contributed by atoms with van der Waals surface area (Å²) in [6.07, 6.45) is 1.56. The molecule has 2 aromatic rings. The summed E-state index contributed by atoms with van der Waals surface area (Å²) in [5, 5.41) is 10.6. The molecule has 0 spiro atoms. The lowest BCUT2D eigenvalue weighted by molar-refractivity contribution is -0.138. The lowest BCUT2D eigenvalue weighted by Crippen LogP contribution is -2.14. The summed E-state index contributed by atoms with van der Waals surface area (Å²) in [6, 6.07) is 12.7. The molecule has 0 aliphatic rings. The van der Waals surface area contributed by atoms with Crippen LogP contribution in [0.2, 0.25) is 5.02 Å². The van der Waals surface area contributed by atoms with Gasteiger partial charge in [-0.25, -0.2) is 4.98 Å². The first-order chi connectivity index (χ1) is 9.16. The summed E-state index contributed by atoms with van der Waals surface area (Å²) >= 11 is 7.16. The molecule has 0 bridgehead atoms. The fourth-order valence-electron chi connectivity index (χ4n) is 1.61. The van der Waals surface area contributed by atoms with Crippen molar-refractivity contribution in [3.05, 3.63) is 59.2 Å². The summed E-state index contributed by atoms with van der Waals surface area (Å²) in [4.78, 5) is 15.5. The minimum atomic E-state index is -0.826. The van der Waals surface area contributed by atoms with Crippen molar-refractivity contribution in [3.8, 4) is 0 Å². The Bertz CT molecular complexity index is 545. The number of nitrogens with zero attached hydrogens (tertiary/aromatic N) is 1. The van der Waals surface area contributed by atoms with Crippen LogP contribution in [0.5, 0.6) is 0 Å². The summed E-state index contributed by atoms with van der Waals surface area (Å²) in [5.41, 5.74) is 0.802. The second-order valence-electron chi connectivity index (χ2n) is 3.93. The van der Waals surface area contributed by atoms with Gasteiger partial charge in [0.1, 0.15) is 0 Å². The molecule has 0 fully saturated rings. The Morgan fingerprint density at radius 2 is 2.00 bits per heavy atom. The van der Waals surface area contributed by atoms with Gasteiger partial charge in [-0.1, -0.05) is 41.9 Å². The van der Waals surface area contributed by atoms with Gasteiger partial charge in [0.25, 0.3) is 0 Å². The molecule has 2 rings (SSSR count). The zero-order valence-electron chi connectivity index (χ0n) is 9.99. The first-order valence-electron chi connectivity index (χ1n) is 5.69. The van der Waals surface area contributed by atoms with Crippen molar-refractivity contribution >= 4 is 29.3 Å². The zero-order chi connectivity index (χ0) is 13.7. The maximum absolute atomic E-state index is 11.3. The van der Waals surface area contributed by atoms with Crippen LogP contribution < -0.4 is 0 Å². The number of thioether (sulfide) groups is 1. The van der Waals surface area contributed by atoms with E-state index in [2.05, 4.69) is 4.98 Å². The van der Waals surface area contributed by atoms with E-state index in [0.29, 0.717) is 10.8 Å². The van der Waals surface area contributed by atoms with E-state index in [0.717, 1.165) is 10.6 Å². The summed E-state index contributed by atoms with van der Waals surface area (Å²) in [6.45, 7) is 0. The second kappa shape index (κ2) is 6.59. The number of carbonyl (C=O) groups is 1. The van der Waals surface area contributed by atoms with Crippen molar-refractivity contribution in [2.24, 2.45) is 0 Å². The molecule has 1 aromatic heterocycles. The van der Waals surface area contributed by atoms with E-state index in [1.54, 1.807) is 18.3 Å². The van der Waals surface area contributed by atoms with Crippen molar-refractivity contribution < 1.29 is 9.90 Å². The molecule has 5 heteroatoms. The van der Waals surface area contributed by atoms with Crippen molar-refractivity contribution in [3.63, 3.8) is 0 Å². The SMILES string of the molecule is O=C(O)C(CSc1ccc(Cl)cn1)c1ccccc1. The number of halogens is 1. The average Bonchev–Trinajstić information content (AvgIpc) is 2.42. The molecule has 1 N–H and O–H groups in total. The molecule has 3 nitrogen and oxygen atoms in total. The summed E-state index contributed by atoms with van der Waals surface area (Å²) in [7, 11) is 0. The molecule has 0 saturated heterocycles. The third-order valence-electron chi connectivity index (χ3n) is 2.60. The van der Waals surface area contributed by atoms with Crippen LogP contribution in [0.25, 0.3) is 0 Å². The highest BCUT2D eigenvalue weighted by Gasteiger charge is 2.19. The minimum absolute atomic E-state index is 0.438. The van der Waals surface area contributed by atoms with Crippen molar-refractivity contribution in [2.75, 3.05) is 5.75 Å². The lowest BCUT2D eigenvalue weighted by Gasteiger charge is -2.11. The second-order valence-corrected chi connectivity index (χ2v) is 5.40. The monoisotopic (exact) mass is 293 g/mol. The van der Waals surface area contributed by atoms with Gasteiger partial charge in [0.05, 0.1) is 16.0 Å². The van der Waals surface area contributed by atoms with Gasteiger partial charge < -0.3 is 5.11 Å². The number of rotatable bonds is 5. The van der Waals surface area contributed by atoms with Crippen LogP contribution in [-0.4, -0.2) is 21.8 Å². The third kappa shape index (κ3) is 3.98. The van der Waals surface area contributed by atoms with E-state index in [9.17, 15) is 9.90 Å². The molecular weight excluding hydrogens is 282 g/mol. The maximum Gasteiger partial charge on any atom is 0.311 e. The minimum Gasteiger partial charge on any atom is -0.481 e. The first kappa shape index (κ1) is 13.9. The molecular formula is C14H12ClNO2S. The molecule has 0 saturated carbocycles. The Hall–Kier alpha value is -1.52. The van der Waals surface area contributed by atoms with Crippen LogP contribution in [0.1, 0.15) is 11.5 Å². The maximum atomic E-state index is 11.3. The summed E-state index contributed by atoms with van der Waals surface area (Å²) < 4.78 is 0. The molecule has 1 aromatic carbocycles. The van der Waals surface area contributed by atoms with Gasteiger partial charge in [0.2, 0.25) is 0 Å². The van der Waals surface area contributed by atoms with Gasteiger partial charge in [-0.15, -0.1) is 11.8 Å². The van der Waals surface area contributed by atoms with Gasteiger partial charge in [0.15, 0.2) is 0 Å². The molecule has 19 heavy (non-hydrogen) atoms. The quantitative estimate of drug-likeness (QED) is 0.854. The molecule has 0 aliphatic carbocycles. The van der Waals surface area contributed by atoms with Gasteiger partial charge in [-0.2, -0.15) is 0 Å². The fourth-order valence-corrected chi connectivity index (χ4v) is 2.69. The van der Waals surface area contributed by atoms with Crippen LogP contribution in [-0.2, 0) is 4.79 Å². The molecule has 1 atom stereocenters. The van der Waals surface area contributed by atoms with Crippen LogP contribution >= 0.6 is 23.4 Å². The van der Waals surface area contributed by atoms with Gasteiger partial charge >= 0.3 is 5.97 Å². The number of aliphatic carboxylic acids is 1. The zero-order valence-corrected chi connectivity index (χ0v) is 11.6. The van der Waals surface area contributed by atoms with E-state index in [-0.39, 0.29) is 0 Å². The Morgan fingerprint density at radius 3 is 2.58 bits per heavy atom. The van der Waals surface area contributed by atoms with Crippen LogP contribution in [0.15, 0.2) is 53.7 Å². The number of hydrogen-bond donors (Lipinski definition) is 1. The van der Waals surface area contributed by atoms with Crippen molar-refractivity contribution in [1.82, 2.24) is 4.98 Å². The highest BCUT2D eigenvalue weighted by atomic mass is 35.5. The number of aromatic nitrogens is 1. The fraction of sp³-hybridized carbons (Fsp3) is 0.143. The predicted molar refractivity (Wildman–Crippen MR) is 76.8 cm³/mol. The normalized spacial score (nSPS) is 12.1. The number of carboxylic acid groups (broad SMARTS) is 1. The van der Waals surface area contributed by atoms with E-state index >= 15 is 0 Å². The Kier molecular flexibility index (Phi) is 4.82. The lowest BCUT2D eigenvalue weighted by atomic mass is 10.0. The van der Waals surface area contributed by atoms with Crippen molar-refractivity contribution in [2.45, 2.75) is 10.9 Å². The highest BCUT2D eigenvalue weighted by Crippen LogP contribution is 2.25. The topological polar surface area (TPSA) is 50.2 Å². The first-order valence-corrected chi connectivity index (χ1v) is 7.05. The number of pyridine rings is 1. The number of carboxylic acids is 1.